The van der Waals surface area contributed by atoms with Crippen LogP contribution >= 0.6 is 0 Å². The second-order valence-corrected chi connectivity index (χ2v) is 8.30. The Morgan fingerprint density at radius 3 is 2.06 bits per heavy atom. The highest BCUT2D eigenvalue weighted by Gasteiger charge is 2.41. The molecule has 0 spiro atoms. The van der Waals surface area contributed by atoms with Crippen molar-refractivity contribution in [2.24, 2.45) is 0 Å². The highest BCUT2D eigenvalue weighted by molar-refractivity contribution is 6.46. The highest BCUT2D eigenvalue weighted by atomic mass is 16.5. The maximum atomic E-state index is 13.7. The van der Waals surface area contributed by atoms with Crippen molar-refractivity contribution in [1.82, 2.24) is 0 Å². The van der Waals surface area contributed by atoms with Gasteiger partial charge in [0.05, 0.1) is 18.4 Å². The van der Waals surface area contributed by atoms with E-state index in [1.807, 2.05) is 87.4 Å². The van der Waals surface area contributed by atoms with Crippen LogP contribution in [0.5, 0.6) is 5.75 Å². The molecular weight excluding hydrogens is 414 g/mol. The summed E-state index contributed by atoms with van der Waals surface area (Å²) >= 11 is 0. The lowest BCUT2D eigenvalue weighted by atomic mass is 10.0. The van der Waals surface area contributed by atoms with Crippen LogP contribution in [-0.4, -0.2) is 33.0 Å². The Kier molecular flexibility index (Phi) is 5.92. The molecule has 0 bridgehead atoms. The number of carbonyl (C=O) groups is 2. The number of hydrogen-bond acceptors (Lipinski definition) is 5. The number of imide groups is 1. The van der Waals surface area contributed by atoms with Crippen molar-refractivity contribution in [1.29, 1.82) is 0 Å². The van der Waals surface area contributed by atoms with Gasteiger partial charge in [0.1, 0.15) is 11.4 Å². The number of ether oxygens (including phenoxy) is 1. The molecule has 0 aromatic heterocycles. The highest BCUT2D eigenvalue weighted by Crippen LogP contribution is 2.38. The topological polar surface area (TPSA) is 61.9 Å². The minimum atomic E-state index is -0.420. The van der Waals surface area contributed by atoms with Gasteiger partial charge in [0.2, 0.25) is 0 Å². The van der Waals surface area contributed by atoms with Gasteiger partial charge in [-0.15, -0.1) is 0 Å². The summed E-state index contributed by atoms with van der Waals surface area (Å²) in [6.45, 7) is 3.89. The van der Waals surface area contributed by atoms with E-state index in [0.717, 1.165) is 22.5 Å². The quantitative estimate of drug-likeness (QED) is 0.558. The fourth-order valence-electron chi connectivity index (χ4n) is 3.81. The zero-order valence-corrected chi connectivity index (χ0v) is 19.5. The van der Waals surface area contributed by atoms with E-state index in [2.05, 4.69) is 5.32 Å². The molecule has 4 rings (SSSR count). The molecule has 1 heterocycles. The summed E-state index contributed by atoms with van der Waals surface area (Å²) in [5, 5.41) is 3.21. The molecule has 0 unspecified atom stereocenters. The number of hydrogen-bond donors (Lipinski definition) is 1. The Balaban J connectivity index is 1.82. The van der Waals surface area contributed by atoms with Crippen molar-refractivity contribution < 1.29 is 14.3 Å². The van der Waals surface area contributed by atoms with Crippen molar-refractivity contribution in [2.45, 2.75) is 13.8 Å². The van der Waals surface area contributed by atoms with Gasteiger partial charge in [-0.1, -0.05) is 35.9 Å². The van der Waals surface area contributed by atoms with Crippen LogP contribution in [0, 0.1) is 13.8 Å². The fraction of sp³-hybridized carbons (Fsp3) is 0.185. The third kappa shape index (κ3) is 4.20. The van der Waals surface area contributed by atoms with Crippen LogP contribution in [0.25, 0.3) is 5.57 Å². The zero-order valence-electron chi connectivity index (χ0n) is 19.5. The molecule has 2 amide bonds. The molecule has 1 N–H and O–H groups in total. The molecule has 0 aliphatic carbocycles. The van der Waals surface area contributed by atoms with Gasteiger partial charge in [-0.2, -0.15) is 0 Å². The number of carbonyl (C=O) groups excluding carboxylic acids is 2. The monoisotopic (exact) mass is 441 g/mol. The second kappa shape index (κ2) is 8.82. The van der Waals surface area contributed by atoms with Crippen LogP contribution in [-0.2, 0) is 9.59 Å². The Hall–Kier alpha value is -4.06. The summed E-state index contributed by atoms with van der Waals surface area (Å²) < 4.78 is 5.47. The average molecular weight is 442 g/mol. The summed E-state index contributed by atoms with van der Waals surface area (Å²) in [6, 6.07) is 20.7. The summed E-state index contributed by atoms with van der Waals surface area (Å²) in [7, 11) is 5.46. The largest absolute Gasteiger partial charge is 0.495 e. The lowest BCUT2D eigenvalue weighted by Gasteiger charge is -2.19. The summed E-state index contributed by atoms with van der Waals surface area (Å²) in [5.74, 6) is -0.349. The van der Waals surface area contributed by atoms with Gasteiger partial charge in [0, 0.05) is 25.5 Å². The number of benzene rings is 3. The molecule has 0 fully saturated rings. The number of rotatable bonds is 6. The van der Waals surface area contributed by atoms with E-state index in [9.17, 15) is 9.59 Å². The number of nitrogens with one attached hydrogen (secondary N) is 1. The lowest BCUT2D eigenvalue weighted by molar-refractivity contribution is -0.120. The first-order valence-corrected chi connectivity index (χ1v) is 10.7. The van der Waals surface area contributed by atoms with E-state index >= 15 is 0 Å². The van der Waals surface area contributed by atoms with Gasteiger partial charge in [-0.3, -0.25) is 9.59 Å². The van der Waals surface area contributed by atoms with Crippen LogP contribution in [0.2, 0.25) is 0 Å². The molecule has 0 atom stereocenters. The number of anilines is 3. The minimum Gasteiger partial charge on any atom is -0.495 e. The van der Waals surface area contributed by atoms with Gasteiger partial charge in [0.25, 0.3) is 11.8 Å². The van der Waals surface area contributed by atoms with Crippen LogP contribution in [0.15, 0.2) is 72.4 Å². The van der Waals surface area contributed by atoms with Gasteiger partial charge >= 0.3 is 0 Å². The molecule has 3 aromatic carbocycles. The third-order valence-corrected chi connectivity index (χ3v) is 5.65. The van der Waals surface area contributed by atoms with Crippen molar-refractivity contribution in [3.63, 3.8) is 0 Å². The Labute approximate surface area is 194 Å². The number of amides is 2. The van der Waals surface area contributed by atoms with Crippen molar-refractivity contribution >= 4 is 34.4 Å². The van der Waals surface area contributed by atoms with E-state index in [1.165, 1.54) is 12.0 Å². The Morgan fingerprint density at radius 2 is 1.45 bits per heavy atom. The van der Waals surface area contributed by atoms with Gasteiger partial charge < -0.3 is 15.0 Å². The second-order valence-electron chi connectivity index (χ2n) is 8.30. The molecule has 0 radical (unpaired) electrons. The molecule has 33 heavy (non-hydrogen) atoms. The molecule has 1 aliphatic rings. The van der Waals surface area contributed by atoms with Crippen LogP contribution in [0.4, 0.5) is 17.1 Å². The van der Waals surface area contributed by atoms with Crippen LogP contribution in [0.1, 0.15) is 16.7 Å². The average Bonchev–Trinajstić information content (AvgIpc) is 3.04. The summed E-state index contributed by atoms with van der Waals surface area (Å²) in [4.78, 5) is 30.5. The normalized spacial score (nSPS) is 13.5. The van der Waals surface area contributed by atoms with E-state index < -0.39 is 5.91 Å². The van der Waals surface area contributed by atoms with Crippen LogP contribution < -0.4 is 19.9 Å². The van der Waals surface area contributed by atoms with Crippen molar-refractivity contribution in [3.05, 3.63) is 89.1 Å². The smallest absolute Gasteiger partial charge is 0.282 e. The zero-order chi connectivity index (χ0) is 23.7. The molecule has 6 heteroatoms. The predicted molar refractivity (Wildman–Crippen MR) is 133 cm³/mol. The number of aryl methyl sites for hydroxylation is 2. The Bertz CT molecular complexity index is 1240. The maximum absolute atomic E-state index is 13.7. The predicted octanol–water partition coefficient (Wildman–Crippen LogP) is 4.77. The van der Waals surface area contributed by atoms with Gasteiger partial charge in [0.15, 0.2) is 0 Å². The number of methoxy groups -OCH3 is 1. The third-order valence-electron chi connectivity index (χ3n) is 5.65. The van der Waals surface area contributed by atoms with E-state index in [1.54, 1.807) is 12.1 Å². The van der Waals surface area contributed by atoms with Gasteiger partial charge in [-0.25, -0.2) is 4.90 Å². The molecule has 3 aromatic rings. The van der Waals surface area contributed by atoms with Gasteiger partial charge in [-0.05, 0) is 61.4 Å². The first-order valence-electron chi connectivity index (χ1n) is 10.7. The molecule has 168 valence electrons. The number of nitrogens with zero attached hydrogens (tertiary/aromatic N) is 2. The first kappa shape index (κ1) is 22.1. The standard InChI is InChI=1S/C27H27N3O3/c1-17-6-9-19(10-7-17)24-25(28-20-11-13-21(14-12-20)29(3)4)27(32)30(26(24)31)22-16-18(2)8-15-23(22)33-5/h6-16,28H,1-5H3. The van der Waals surface area contributed by atoms with E-state index in [-0.39, 0.29) is 11.6 Å². The van der Waals surface area contributed by atoms with E-state index in [0.29, 0.717) is 22.6 Å². The molecule has 6 nitrogen and oxygen atoms in total. The van der Waals surface area contributed by atoms with Crippen molar-refractivity contribution in [3.8, 4) is 5.75 Å². The van der Waals surface area contributed by atoms with Crippen LogP contribution in [0.3, 0.4) is 0 Å². The molecule has 1 aliphatic heterocycles. The fourth-order valence-corrected chi connectivity index (χ4v) is 3.81. The molecular formula is C27H27N3O3. The first-order chi connectivity index (χ1) is 15.8. The maximum Gasteiger partial charge on any atom is 0.282 e. The minimum absolute atomic E-state index is 0.241. The SMILES string of the molecule is COc1ccc(C)cc1N1C(=O)C(Nc2ccc(N(C)C)cc2)=C(c2ccc(C)cc2)C1=O. The molecule has 0 saturated heterocycles. The Morgan fingerprint density at radius 1 is 0.818 bits per heavy atom. The lowest BCUT2D eigenvalue weighted by Crippen LogP contribution is -2.32. The van der Waals surface area contributed by atoms with E-state index in [4.69, 9.17) is 4.74 Å². The molecule has 0 saturated carbocycles. The summed E-state index contributed by atoms with van der Waals surface area (Å²) in [6.07, 6.45) is 0. The summed E-state index contributed by atoms with van der Waals surface area (Å²) in [5.41, 5.74) is 5.43. The van der Waals surface area contributed by atoms with Crippen molar-refractivity contribution in [2.75, 3.05) is 36.3 Å².